The molecule has 0 spiro atoms. The Kier molecular flexibility index (Phi) is 3.72. The third kappa shape index (κ3) is 2.63. The first-order chi connectivity index (χ1) is 8.11. The van der Waals surface area contributed by atoms with Gasteiger partial charge in [-0.3, -0.25) is 0 Å². The lowest BCUT2D eigenvalue weighted by molar-refractivity contribution is 0.0697. The fourth-order valence-corrected chi connectivity index (χ4v) is 3.04. The van der Waals surface area contributed by atoms with E-state index >= 15 is 0 Å². The van der Waals surface area contributed by atoms with Crippen LogP contribution in [0.3, 0.4) is 0 Å². The molecular formula is C9H7ClN2O3S2. The molecule has 0 aromatic carbocycles. The van der Waals surface area contributed by atoms with Gasteiger partial charge in [0, 0.05) is 7.11 Å². The van der Waals surface area contributed by atoms with Gasteiger partial charge < -0.3 is 9.84 Å². The molecule has 2 aromatic heterocycles. The first kappa shape index (κ1) is 12.4. The fraction of sp³-hybridized carbons (Fsp3) is 0.222. The Morgan fingerprint density at radius 1 is 1.53 bits per heavy atom. The van der Waals surface area contributed by atoms with Crippen molar-refractivity contribution in [1.29, 1.82) is 0 Å². The highest BCUT2D eigenvalue weighted by Crippen LogP contribution is 2.33. The number of methoxy groups -OCH3 is 1. The summed E-state index contributed by atoms with van der Waals surface area (Å²) >= 11 is 8.11. The monoisotopic (exact) mass is 290 g/mol. The molecule has 0 saturated heterocycles. The van der Waals surface area contributed by atoms with Gasteiger partial charge in [-0.1, -0.05) is 22.9 Å². The summed E-state index contributed by atoms with van der Waals surface area (Å²) in [6, 6.07) is 0. The number of carbonyl (C=O) groups is 1. The maximum atomic E-state index is 11.0. The number of aromatic carboxylic acids is 1. The lowest BCUT2D eigenvalue weighted by atomic mass is 10.4. The summed E-state index contributed by atoms with van der Waals surface area (Å²) < 4.78 is 5.45. The third-order valence-electron chi connectivity index (χ3n) is 1.83. The van der Waals surface area contributed by atoms with Crippen LogP contribution in [0.4, 0.5) is 0 Å². The lowest BCUT2D eigenvalue weighted by Crippen LogP contribution is -1.99. The summed E-state index contributed by atoms with van der Waals surface area (Å²) in [7, 11) is 1.49. The van der Waals surface area contributed by atoms with Crippen LogP contribution in [-0.2, 0) is 11.3 Å². The maximum absolute atomic E-state index is 11.0. The second kappa shape index (κ2) is 5.09. The van der Waals surface area contributed by atoms with Crippen molar-refractivity contribution < 1.29 is 14.6 Å². The summed E-state index contributed by atoms with van der Waals surface area (Å²) in [5, 5.41) is 10.2. The van der Waals surface area contributed by atoms with E-state index in [2.05, 4.69) is 9.97 Å². The molecule has 5 nitrogen and oxygen atoms in total. The molecule has 0 fully saturated rings. The van der Waals surface area contributed by atoms with Gasteiger partial charge >= 0.3 is 5.97 Å². The number of halogens is 1. The van der Waals surface area contributed by atoms with Gasteiger partial charge in [-0.2, -0.15) is 0 Å². The Morgan fingerprint density at radius 2 is 2.29 bits per heavy atom. The van der Waals surface area contributed by atoms with Gasteiger partial charge in [-0.25, -0.2) is 14.8 Å². The Balaban J connectivity index is 2.43. The normalized spacial score (nSPS) is 10.7. The minimum absolute atomic E-state index is 0.164. The Bertz CT molecular complexity index is 552. The molecule has 0 aliphatic heterocycles. The number of thiazole rings is 2. The van der Waals surface area contributed by atoms with Crippen LogP contribution in [0, 0.1) is 0 Å². The number of rotatable bonds is 4. The minimum Gasteiger partial charge on any atom is -0.477 e. The predicted octanol–water partition coefficient (Wildman–Crippen LogP) is 2.76. The van der Waals surface area contributed by atoms with Crippen molar-refractivity contribution in [3.8, 4) is 10.0 Å². The van der Waals surface area contributed by atoms with Gasteiger partial charge in [0.05, 0.1) is 18.5 Å². The molecule has 2 rings (SSSR count). The van der Waals surface area contributed by atoms with E-state index in [1.54, 1.807) is 0 Å². The third-order valence-corrected chi connectivity index (χ3v) is 4.18. The van der Waals surface area contributed by atoms with Crippen LogP contribution in [0.15, 0.2) is 6.20 Å². The second-order valence-electron chi connectivity index (χ2n) is 3.00. The van der Waals surface area contributed by atoms with Crippen molar-refractivity contribution in [3.05, 3.63) is 21.1 Å². The lowest BCUT2D eigenvalue weighted by Gasteiger charge is -1.94. The van der Waals surface area contributed by atoms with Gasteiger partial charge in [0.2, 0.25) is 0 Å². The van der Waals surface area contributed by atoms with Crippen molar-refractivity contribution in [2.24, 2.45) is 0 Å². The summed E-state index contributed by atoms with van der Waals surface area (Å²) in [6.07, 6.45) is 1.51. The van der Waals surface area contributed by atoms with Crippen molar-refractivity contribution in [1.82, 2.24) is 9.97 Å². The first-order valence-corrected chi connectivity index (χ1v) is 6.46. The van der Waals surface area contributed by atoms with E-state index in [1.165, 1.54) is 24.6 Å². The SMILES string of the molecule is COCc1nc(-c2ncc(Cl)s2)sc1C(=O)O. The molecule has 90 valence electrons. The maximum Gasteiger partial charge on any atom is 0.347 e. The van der Waals surface area contributed by atoms with Gasteiger partial charge in [0.15, 0.2) is 10.0 Å². The van der Waals surface area contributed by atoms with E-state index in [4.69, 9.17) is 21.4 Å². The number of carboxylic acids is 1. The highest BCUT2D eigenvalue weighted by Gasteiger charge is 2.19. The van der Waals surface area contributed by atoms with Crippen LogP contribution in [-0.4, -0.2) is 28.2 Å². The molecule has 2 heterocycles. The van der Waals surface area contributed by atoms with E-state index in [1.807, 2.05) is 0 Å². The van der Waals surface area contributed by atoms with Crippen molar-refractivity contribution in [3.63, 3.8) is 0 Å². The van der Waals surface area contributed by atoms with Gasteiger partial charge in [-0.05, 0) is 0 Å². The van der Waals surface area contributed by atoms with Crippen LogP contribution in [0.5, 0.6) is 0 Å². The smallest absolute Gasteiger partial charge is 0.347 e. The molecule has 2 aromatic rings. The van der Waals surface area contributed by atoms with E-state index in [0.29, 0.717) is 20.0 Å². The molecule has 0 unspecified atom stereocenters. The minimum atomic E-state index is -1.01. The molecule has 0 radical (unpaired) electrons. The second-order valence-corrected chi connectivity index (χ2v) is 5.66. The number of ether oxygens (including phenoxy) is 1. The van der Waals surface area contributed by atoms with Gasteiger partial charge in [0.25, 0.3) is 0 Å². The number of nitrogens with zero attached hydrogens (tertiary/aromatic N) is 2. The van der Waals surface area contributed by atoms with Gasteiger partial charge in [-0.15, -0.1) is 11.3 Å². The largest absolute Gasteiger partial charge is 0.477 e. The van der Waals surface area contributed by atoms with E-state index < -0.39 is 5.97 Å². The highest BCUT2D eigenvalue weighted by atomic mass is 35.5. The average molecular weight is 291 g/mol. The average Bonchev–Trinajstić information content (AvgIpc) is 2.85. The number of carboxylic acid groups (broad SMARTS) is 1. The topological polar surface area (TPSA) is 72.3 Å². The number of hydrogen-bond acceptors (Lipinski definition) is 6. The van der Waals surface area contributed by atoms with Crippen LogP contribution in [0.1, 0.15) is 15.4 Å². The zero-order chi connectivity index (χ0) is 12.4. The van der Waals surface area contributed by atoms with Crippen LogP contribution in [0.25, 0.3) is 10.0 Å². The van der Waals surface area contributed by atoms with E-state index in [-0.39, 0.29) is 11.5 Å². The predicted molar refractivity (Wildman–Crippen MR) is 65.9 cm³/mol. The molecule has 0 bridgehead atoms. The Labute approximate surface area is 110 Å². The first-order valence-electron chi connectivity index (χ1n) is 4.45. The summed E-state index contributed by atoms with van der Waals surface area (Å²) in [5.74, 6) is -1.01. The standard InChI is InChI=1S/C9H7ClN2O3S2/c1-15-3-4-6(9(13)14)17-8(12-4)7-11-2-5(10)16-7/h2H,3H2,1H3,(H,13,14). The van der Waals surface area contributed by atoms with Gasteiger partial charge in [0.1, 0.15) is 9.21 Å². The van der Waals surface area contributed by atoms with E-state index in [9.17, 15) is 4.79 Å². The summed E-state index contributed by atoms with van der Waals surface area (Å²) in [6.45, 7) is 0.164. The molecule has 17 heavy (non-hydrogen) atoms. The Morgan fingerprint density at radius 3 is 2.82 bits per heavy atom. The molecule has 8 heteroatoms. The molecule has 1 N–H and O–H groups in total. The van der Waals surface area contributed by atoms with Crippen LogP contribution >= 0.6 is 34.3 Å². The fourth-order valence-electron chi connectivity index (χ4n) is 1.20. The molecule has 0 aliphatic rings. The molecule has 0 saturated carbocycles. The van der Waals surface area contributed by atoms with E-state index in [0.717, 1.165) is 11.3 Å². The van der Waals surface area contributed by atoms with Crippen molar-refractivity contribution >= 4 is 40.2 Å². The van der Waals surface area contributed by atoms with Crippen LogP contribution in [0.2, 0.25) is 4.34 Å². The molecule has 0 atom stereocenters. The number of hydrogen-bond donors (Lipinski definition) is 1. The zero-order valence-electron chi connectivity index (χ0n) is 8.64. The molecular weight excluding hydrogens is 284 g/mol. The quantitative estimate of drug-likeness (QED) is 0.937. The zero-order valence-corrected chi connectivity index (χ0v) is 11.0. The summed E-state index contributed by atoms with van der Waals surface area (Å²) in [4.78, 5) is 19.5. The van der Waals surface area contributed by atoms with Crippen molar-refractivity contribution in [2.45, 2.75) is 6.61 Å². The number of aromatic nitrogens is 2. The van der Waals surface area contributed by atoms with Crippen molar-refractivity contribution in [2.75, 3.05) is 7.11 Å². The highest BCUT2D eigenvalue weighted by molar-refractivity contribution is 7.24. The summed E-state index contributed by atoms with van der Waals surface area (Å²) in [5.41, 5.74) is 0.409. The Hall–Kier alpha value is -1.02. The van der Waals surface area contributed by atoms with Crippen LogP contribution < -0.4 is 0 Å². The molecule has 0 aliphatic carbocycles. The molecule has 0 amide bonds.